The lowest BCUT2D eigenvalue weighted by Gasteiger charge is -1.98. The molecule has 0 aliphatic rings. The second kappa shape index (κ2) is 4.39. The van der Waals surface area contributed by atoms with Crippen LogP contribution in [-0.4, -0.2) is 28.2 Å². The van der Waals surface area contributed by atoms with Crippen LogP contribution in [0.5, 0.6) is 0 Å². The van der Waals surface area contributed by atoms with Gasteiger partial charge in [-0.1, -0.05) is 0 Å². The van der Waals surface area contributed by atoms with E-state index in [0.717, 1.165) is 0 Å². The highest BCUT2D eigenvalue weighted by Crippen LogP contribution is 1.96. The highest BCUT2D eigenvalue weighted by atomic mass is 16.2. The zero-order valence-corrected chi connectivity index (χ0v) is 7.33. The number of carbonyl (C=O) groups excluding carboxylic acids is 2. The fraction of sp³-hybridized carbons (Fsp3) is 0.375. The maximum absolute atomic E-state index is 11.3. The van der Waals surface area contributed by atoms with Crippen molar-refractivity contribution in [1.82, 2.24) is 15.3 Å². The first-order chi connectivity index (χ1) is 6.24. The zero-order chi connectivity index (χ0) is 9.68. The number of H-pyrrole nitrogens is 1. The summed E-state index contributed by atoms with van der Waals surface area (Å²) in [6.07, 6.45) is 2.68. The van der Waals surface area contributed by atoms with Gasteiger partial charge in [-0.2, -0.15) is 0 Å². The van der Waals surface area contributed by atoms with E-state index in [4.69, 9.17) is 0 Å². The lowest BCUT2D eigenvalue weighted by Crippen LogP contribution is -2.25. The lowest BCUT2D eigenvalue weighted by atomic mass is 10.2. The quantitative estimate of drug-likeness (QED) is 0.511. The summed E-state index contributed by atoms with van der Waals surface area (Å²) in [6.45, 7) is 2.34. The normalized spacial score (nSPS) is 9.62. The Balaban J connectivity index is 2.47. The first-order valence-electron chi connectivity index (χ1n) is 4.02. The molecule has 5 heteroatoms. The molecule has 0 bridgehead atoms. The summed E-state index contributed by atoms with van der Waals surface area (Å²) in [5.41, 5.74) is 0.367. The van der Waals surface area contributed by atoms with Crippen molar-refractivity contribution in [2.45, 2.75) is 13.3 Å². The third kappa shape index (κ3) is 2.70. The molecule has 0 fully saturated rings. The third-order valence-electron chi connectivity index (χ3n) is 1.49. The van der Waals surface area contributed by atoms with Crippen molar-refractivity contribution in [3.63, 3.8) is 0 Å². The van der Waals surface area contributed by atoms with Crippen LogP contribution < -0.4 is 5.32 Å². The molecule has 0 aliphatic heterocycles. The summed E-state index contributed by atoms with van der Waals surface area (Å²) in [4.78, 5) is 28.6. The van der Waals surface area contributed by atoms with E-state index in [0.29, 0.717) is 12.2 Å². The fourth-order valence-corrected chi connectivity index (χ4v) is 0.909. The van der Waals surface area contributed by atoms with Gasteiger partial charge in [-0.25, -0.2) is 4.98 Å². The molecule has 1 amide bonds. The van der Waals surface area contributed by atoms with Gasteiger partial charge in [0.1, 0.15) is 5.69 Å². The van der Waals surface area contributed by atoms with Crippen LogP contribution in [0.4, 0.5) is 0 Å². The molecule has 0 saturated heterocycles. The Hall–Kier alpha value is -1.65. The van der Waals surface area contributed by atoms with Crippen molar-refractivity contribution in [2.75, 3.05) is 6.54 Å². The van der Waals surface area contributed by atoms with Crippen LogP contribution >= 0.6 is 0 Å². The summed E-state index contributed by atoms with van der Waals surface area (Å²) in [5.74, 6) is -0.509. The predicted molar refractivity (Wildman–Crippen MR) is 46.2 cm³/mol. The molecular formula is C8H11N3O2. The minimum atomic E-state index is -0.262. The number of Topliss-reactive ketones (excluding diaryl/α,β-unsaturated/α-hetero) is 1. The third-order valence-corrected chi connectivity index (χ3v) is 1.49. The van der Waals surface area contributed by atoms with Crippen LogP contribution in [0.15, 0.2) is 12.5 Å². The molecule has 1 aromatic rings. The van der Waals surface area contributed by atoms with Crippen molar-refractivity contribution < 1.29 is 9.59 Å². The second-order valence-electron chi connectivity index (χ2n) is 2.52. The Morgan fingerprint density at radius 2 is 2.38 bits per heavy atom. The van der Waals surface area contributed by atoms with Gasteiger partial charge in [0, 0.05) is 6.54 Å². The molecule has 1 rings (SSSR count). The number of ketones is 1. The zero-order valence-electron chi connectivity index (χ0n) is 7.33. The number of nitrogens with one attached hydrogen (secondary N) is 2. The molecule has 70 valence electrons. The Morgan fingerprint density at radius 3 is 2.92 bits per heavy atom. The van der Waals surface area contributed by atoms with E-state index in [2.05, 4.69) is 15.3 Å². The van der Waals surface area contributed by atoms with E-state index >= 15 is 0 Å². The van der Waals surface area contributed by atoms with E-state index in [1.54, 1.807) is 6.92 Å². The Kier molecular flexibility index (Phi) is 3.19. The van der Waals surface area contributed by atoms with Crippen LogP contribution in [0, 0.1) is 0 Å². The first kappa shape index (κ1) is 9.44. The summed E-state index contributed by atoms with van der Waals surface area (Å²) in [7, 11) is 0. The molecule has 0 spiro atoms. The molecule has 13 heavy (non-hydrogen) atoms. The van der Waals surface area contributed by atoms with Gasteiger partial charge in [0.2, 0.25) is 5.91 Å². The standard InChI is InChI=1S/C8H11N3O2/c1-2-10-8(13)3-7(12)6-4-9-5-11-6/h4-5H,2-3H2,1H3,(H,9,11)(H,10,13). The van der Waals surface area contributed by atoms with Gasteiger partial charge < -0.3 is 10.3 Å². The van der Waals surface area contributed by atoms with Gasteiger partial charge in [-0.3, -0.25) is 9.59 Å². The molecule has 0 saturated carbocycles. The predicted octanol–water partition coefficient (Wildman–Crippen LogP) is 0.119. The van der Waals surface area contributed by atoms with E-state index in [-0.39, 0.29) is 18.1 Å². The van der Waals surface area contributed by atoms with Gasteiger partial charge in [0.05, 0.1) is 18.9 Å². The number of hydrogen-bond donors (Lipinski definition) is 2. The smallest absolute Gasteiger partial charge is 0.227 e. The van der Waals surface area contributed by atoms with E-state index in [9.17, 15) is 9.59 Å². The monoisotopic (exact) mass is 181 g/mol. The van der Waals surface area contributed by atoms with Crippen molar-refractivity contribution >= 4 is 11.7 Å². The number of imidazole rings is 1. The van der Waals surface area contributed by atoms with Gasteiger partial charge in [-0.05, 0) is 6.92 Å². The minimum absolute atomic E-state index is 0.129. The maximum Gasteiger partial charge on any atom is 0.227 e. The number of hydrogen-bond acceptors (Lipinski definition) is 3. The molecule has 2 N–H and O–H groups in total. The Bertz CT molecular complexity index is 292. The number of amides is 1. The van der Waals surface area contributed by atoms with Crippen molar-refractivity contribution in [1.29, 1.82) is 0 Å². The number of nitrogens with zero attached hydrogens (tertiary/aromatic N) is 1. The largest absolute Gasteiger partial charge is 0.356 e. The summed E-state index contributed by atoms with van der Waals surface area (Å²) in [6, 6.07) is 0. The lowest BCUT2D eigenvalue weighted by molar-refractivity contribution is -0.120. The maximum atomic E-state index is 11.3. The van der Waals surface area contributed by atoms with Crippen LogP contribution in [0.25, 0.3) is 0 Å². The molecule has 0 atom stereocenters. The van der Waals surface area contributed by atoms with Crippen molar-refractivity contribution in [3.05, 3.63) is 18.2 Å². The van der Waals surface area contributed by atoms with Crippen molar-refractivity contribution in [2.24, 2.45) is 0 Å². The fourth-order valence-electron chi connectivity index (χ4n) is 0.909. The number of aromatic amines is 1. The van der Waals surface area contributed by atoms with Crippen LogP contribution in [0.3, 0.4) is 0 Å². The highest BCUT2D eigenvalue weighted by Gasteiger charge is 2.11. The average Bonchev–Trinajstić information content (AvgIpc) is 2.55. The van der Waals surface area contributed by atoms with Gasteiger partial charge in [0.15, 0.2) is 5.78 Å². The molecule has 0 aromatic carbocycles. The molecule has 0 aliphatic carbocycles. The molecule has 1 aromatic heterocycles. The number of aromatic nitrogens is 2. The van der Waals surface area contributed by atoms with Gasteiger partial charge >= 0.3 is 0 Å². The first-order valence-corrected chi connectivity index (χ1v) is 4.02. The summed E-state index contributed by atoms with van der Waals surface area (Å²) < 4.78 is 0. The van der Waals surface area contributed by atoms with Gasteiger partial charge in [-0.15, -0.1) is 0 Å². The summed E-state index contributed by atoms with van der Waals surface area (Å²) in [5, 5.41) is 2.54. The van der Waals surface area contributed by atoms with E-state index in [1.807, 2.05) is 0 Å². The molecular weight excluding hydrogens is 170 g/mol. The van der Waals surface area contributed by atoms with Crippen molar-refractivity contribution in [3.8, 4) is 0 Å². The van der Waals surface area contributed by atoms with E-state index in [1.165, 1.54) is 12.5 Å². The summed E-state index contributed by atoms with van der Waals surface area (Å²) >= 11 is 0. The SMILES string of the molecule is CCNC(=O)CC(=O)c1cnc[nH]1. The number of rotatable bonds is 4. The van der Waals surface area contributed by atoms with Crippen LogP contribution in [-0.2, 0) is 4.79 Å². The number of carbonyl (C=O) groups is 2. The Labute approximate surface area is 75.6 Å². The van der Waals surface area contributed by atoms with Gasteiger partial charge in [0.25, 0.3) is 0 Å². The molecule has 0 radical (unpaired) electrons. The molecule has 5 nitrogen and oxygen atoms in total. The average molecular weight is 181 g/mol. The minimum Gasteiger partial charge on any atom is -0.356 e. The topological polar surface area (TPSA) is 74.8 Å². The van der Waals surface area contributed by atoms with E-state index < -0.39 is 0 Å². The molecule has 1 heterocycles. The Morgan fingerprint density at radius 1 is 1.62 bits per heavy atom. The van der Waals surface area contributed by atoms with Crippen LogP contribution in [0.1, 0.15) is 23.8 Å². The van der Waals surface area contributed by atoms with Crippen LogP contribution in [0.2, 0.25) is 0 Å². The second-order valence-corrected chi connectivity index (χ2v) is 2.52. The highest BCUT2D eigenvalue weighted by molar-refractivity contribution is 6.06. The molecule has 0 unspecified atom stereocenters.